The lowest BCUT2D eigenvalue weighted by atomic mass is 10.3. The van der Waals surface area contributed by atoms with Gasteiger partial charge in [0, 0.05) is 35.1 Å². The zero-order valence-corrected chi connectivity index (χ0v) is 14.4. The summed E-state index contributed by atoms with van der Waals surface area (Å²) in [6.45, 7) is 2.96. The van der Waals surface area contributed by atoms with Crippen molar-refractivity contribution in [3.63, 3.8) is 0 Å². The van der Waals surface area contributed by atoms with Crippen molar-refractivity contribution in [2.24, 2.45) is 0 Å². The van der Waals surface area contributed by atoms with E-state index in [4.69, 9.17) is 11.6 Å². The van der Waals surface area contributed by atoms with E-state index in [0.29, 0.717) is 0 Å². The van der Waals surface area contributed by atoms with E-state index in [1.165, 1.54) is 14.2 Å². The SMILES string of the molecule is Cc1sc(CNc2ccc(Cl)cc2I)cc1Br. The topological polar surface area (TPSA) is 12.0 Å². The molecule has 0 saturated heterocycles. The Morgan fingerprint density at radius 2 is 2.18 bits per heavy atom. The normalized spacial score (nSPS) is 10.6. The fourth-order valence-corrected chi connectivity index (χ4v) is 4.02. The molecule has 1 aromatic heterocycles. The van der Waals surface area contributed by atoms with E-state index in [1.54, 1.807) is 11.3 Å². The monoisotopic (exact) mass is 441 g/mol. The maximum atomic E-state index is 5.92. The number of rotatable bonds is 3. The van der Waals surface area contributed by atoms with Gasteiger partial charge in [-0.15, -0.1) is 11.3 Å². The van der Waals surface area contributed by atoms with Crippen LogP contribution in [0.25, 0.3) is 0 Å². The van der Waals surface area contributed by atoms with Crippen LogP contribution in [0.5, 0.6) is 0 Å². The van der Waals surface area contributed by atoms with Crippen LogP contribution in [0.1, 0.15) is 9.75 Å². The van der Waals surface area contributed by atoms with Crippen molar-refractivity contribution in [2.45, 2.75) is 13.5 Å². The second kappa shape index (κ2) is 5.91. The molecule has 0 radical (unpaired) electrons. The molecule has 0 aliphatic rings. The van der Waals surface area contributed by atoms with Gasteiger partial charge < -0.3 is 5.32 Å². The molecule has 0 aliphatic heterocycles. The molecule has 1 N–H and O–H groups in total. The largest absolute Gasteiger partial charge is 0.379 e. The molecule has 2 aromatic rings. The van der Waals surface area contributed by atoms with E-state index in [2.05, 4.69) is 56.8 Å². The first-order valence-corrected chi connectivity index (χ1v) is 8.06. The summed E-state index contributed by atoms with van der Waals surface area (Å²) in [5.74, 6) is 0. The van der Waals surface area contributed by atoms with Gasteiger partial charge in [0.15, 0.2) is 0 Å². The van der Waals surface area contributed by atoms with Crippen LogP contribution in [0.3, 0.4) is 0 Å². The van der Waals surface area contributed by atoms with Crippen molar-refractivity contribution < 1.29 is 0 Å². The average molecular weight is 443 g/mol. The lowest BCUT2D eigenvalue weighted by Gasteiger charge is -2.07. The molecule has 0 fully saturated rings. The van der Waals surface area contributed by atoms with Gasteiger partial charge >= 0.3 is 0 Å². The van der Waals surface area contributed by atoms with Crippen LogP contribution in [-0.2, 0) is 6.54 Å². The second-order valence-corrected chi connectivity index (χ2v) is 7.39. The summed E-state index contributed by atoms with van der Waals surface area (Å²) in [5.41, 5.74) is 1.12. The summed E-state index contributed by atoms with van der Waals surface area (Å²) < 4.78 is 2.33. The number of benzene rings is 1. The number of hydrogen-bond acceptors (Lipinski definition) is 2. The number of anilines is 1. The highest BCUT2D eigenvalue weighted by atomic mass is 127. The Hall–Kier alpha value is 0.220. The Balaban J connectivity index is 2.07. The number of hydrogen-bond donors (Lipinski definition) is 1. The molecule has 0 bridgehead atoms. The summed E-state index contributed by atoms with van der Waals surface area (Å²) in [6, 6.07) is 8.04. The first kappa shape index (κ1) is 13.6. The van der Waals surface area contributed by atoms with E-state index in [1.807, 2.05) is 18.2 Å². The molecule has 1 heterocycles. The van der Waals surface area contributed by atoms with Gasteiger partial charge in [0.25, 0.3) is 0 Å². The van der Waals surface area contributed by atoms with Crippen LogP contribution in [0, 0.1) is 10.5 Å². The van der Waals surface area contributed by atoms with E-state index in [9.17, 15) is 0 Å². The second-order valence-electron chi connectivity index (χ2n) is 3.59. The number of nitrogens with one attached hydrogen (secondary N) is 1. The van der Waals surface area contributed by atoms with Crippen LogP contribution < -0.4 is 5.32 Å². The highest BCUT2D eigenvalue weighted by Crippen LogP contribution is 2.28. The van der Waals surface area contributed by atoms with Gasteiger partial charge in [-0.25, -0.2) is 0 Å². The number of halogens is 3. The first-order valence-electron chi connectivity index (χ1n) is 5.00. The van der Waals surface area contributed by atoms with Crippen molar-refractivity contribution in [3.05, 3.63) is 47.1 Å². The van der Waals surface area contributed by atoms with Gasteiger partial charge in [-0.1, -0.05) is 11.6 Å². The molecule has 90 valence electrons. The highest BCUT2D eigenvalue weighted by Gasteiger charge is 2.04. The predicted molar refractivity (Wildman–Crippen MR) is 88.3 cm³/mol. The maximum Gasteiger partial charge on any atom is 0.0495 e. The van der Waals surface area contributed by atoms with Crippen molar-refractivity contribution in [3.8, 4) is 0 Å². The molecule has 1 aromatic carbocycles. The summed E-state index contributed by atoms with van der Waals surface area (Å²) in [7, 11) is 0. The lowest BCUT2D eigenvalue weighted by Crippen LogP contribution is -1.98. The van der Waals surface area contributed by atoms with Gasteiger partial charge in [0.05, 0.1) is 0 Å². The minimum Gasteiger partial charge on any atom is -0.379 e. The fourth-order valence-electron chi connectivity index (χ4n) is 1.42. The molecular formula is C12H10BrClINS. The molecule has 0 atom stereocenters. The van der Waals surface area contributed by atoms with Crippen molar-refractivity contribution in [1.29, 1.82) is 0 Å². The smallest absolute Gasteiger partial charge is 0.0495 e. The quantitative estimate of drug-likeness (QED) is 0.603. The summed E-state index contributed by atoms with van der Waals surface area (Å²) >= 11 is 13.5. The molecule has 2 rings (SSSR count). The van der Waals surface area contributed by atoms with Gasteiger partial charge in [0.1, 0.15) is 0 Å². The molecule has 1 nitrogen and oxygen atoms in total. The summed E-state index contributed by atoms with van der Waals surface area (Å²) in [6.07, 6.45) is 0. The average Bonchev–Trinajstić information content (AvgIpc) is 2.57. The Labute approximate surface area is 132 Å². The summed E-state index contributed by atoms with van der Waals surface area (Å²) in [4.78, 5) is 2.63. The third-order valence-electron chi connectivity index (χ3n) is 2.29. The zero-order valence-electron chi connectivity index (χ0n) is 9.06. The van der Waals surface area contributed by atoms with Crippen molar-refractivity contribution in [1.82, 2.24) is 0 Å². The van der Waals surface area contributed by atoms with Gasteiger partial charge in [-0.3, -0.25) is 0 Å². The molecule has 0 spiro atoms. The minimum atomic E-state index is 0.773. The van der Waals surface area contributed by atoms with Crippen molar-refractivity contribution >= 4 is 67.1 Å². The van der Waals surface area contributed by atoms with E-state index < -0.39 is 0 Å². The van der Waals surface area contributed by atoms with Crippen LogP contribution in [0.15, 0.2) is 28.7 Å². The molecule has 0 aliphatic carbocycles. The highest BCUT2D eigenvalue weighted by molar-refractivity contribution is 14.1. The standard InChI is InChI=1S/C12H10BrClINS/c1-7-10(13)5-9(17-7)6-16-12-3-2-8(14)4-11(12)15/h2-5,16H,6H2,1H3. The Bertz CT molecular complexity index is 522. The zero-order chi connectivity index (χ0) is 12.4. The molecule has 0 saturated carbocycles. The van der Waals surface area contributed by atoms with E-state index in [-0.39, 0.29) is 0 Å². The Morgan fingerprint density at radius 3 is 2.76 bits per heavy atom. The van der Waals surface area contributed by atoms with E-state index in [0.717, 1.165) is 20.8 Å². The molecule has 0 amide bonds. The molecule has 0 unspecified atom stereocenters. The predicted octanol–water partition coefficient (Wildman–Crippen LogP) is 5.69. The minimum absolute atomic E-state index is 0.773. The van der Waals surface area contributed by atoms with Crippen molar-refractivity contribution in [2.75, 3.05) is 5.32 Å². The van der Waals surface area contributed by atoms with E-state index >= 15 is 0 Å². The Kier molecular flexibility index (Phi) is 4.74. The van der Waals surface area contributed by atoms with Gasteiger partial charge in [0.2, 0.25) is 0 Å². The third-order valence-corrected chi connectivity index (χ3v) is 5.56. The van der Waals surface area contributed by atoms with Gasteiger partial charge in [-0.2, -0.15) is 0 Å². The fraction of sp³-hybridized carbons (Fsp3) is 0.167. The maximum absolute atomic E-state index is 5.92. The van der Waals surface area contributed by atoms with Crippen LogP contribution in [0.2, 0.25) is 5.02 Å². The summed E-state index contributed by atoms with van der Waals surface area (Å²) in [5, 5.41) is 4.19. The van der Waals surface area contributed by atoms with Crippen LogP contribution >= 0.6 is 61.5 Å². The van der Waals surface area contributed by atoms with Crippen LogP contribution in [0.4, 0.5) is 5.69 Å². The third kappa shape index (κ3) is 3.59. The van der Waals surface area contributed by atoms with Gasteiger partial charge in [-0.05, 0) is 69.7 Å². The first-order chi connectivity index (χ1) is 8.06. The number of thiophene rings is 1. The number of aryl methyl sites for hydroxylation is 1. The molecule has 5 heteroatoms. The molecule has 17 heavy (non-hydrogen) atoms. The Morgan fingerprint density at radius 1 is 1.41 bits per heavy atom. The van der Waals surface area contributed by atoms with Crippen LogP contribution in [-0.4, -0.2) is 0 Å². The lowest BCUT2D eigenvalue weighted by molar-refractivity contribution is 1.19. The molecular weight excluding hydrogens is 432 g/mol.